The summed E-state index contributed by atoms with van der Waals surface area (Å²) in [6.45, 7) is 1.65. The lowest BCUT2D eigenvalue weighted by Crippen LogP contribution is -2.34. The van der Waals surface area contributed by atoms with Crippen molar-refractivity contribution in [1.82, 2.24) is 5.32 Å². The van der Waals surface area contributed by atoms with Crippen molar-refractivity contribution < 1.29 is 9.72 Å². The molecule has 1 fully saturated rings. The first kappa shape index (κ1) is 14.5. The quantitative estimate of drug-likeness (QED) is 0.522. The van der Waals surface area contributed by atoms with Crippen LogP contribution >= 0.6 is 0 Å². The highest BCUT2D eigenvalue weighted by molar-refractivity contribution is 5.94. The number of nitrogens with one attached hydrogen (secondary N) is 1. The van der Waals surface area contributed by atoms with Gasteiger partial charge in [-0.1, -0.05) is 25.7 Å². The number of hydrogen-bond donors (Lipinski definition) is 1. The van der Waals surface area contributed by atoms with E-state index in [1.807, 2.05) is 0 Å². The van der Waals surface area contributed by atoms with Crippen molar-refractivity contribution >= 4 is 11.6 Å². The van der Waals surface area contributed by atoms with Crippen LogP contribution in [0.3, 0.4) is 0 Å². The summed E-state index contributed by atoms with van der Waals surface area (Å²) >= 11 is 0. The Morgan fingerprint density at radius 1 is 1.25 bits per heavy atom. The van der Waals surface area contributed by atoms with E-state index >= 15 is 0 Å². The molecule has 0 bridgehead atoms. The Morgan fingerprint density at radius 2 is 1.90 bits per heavy atom. The summed E-state index contributed by atoms with van der Waals surface area (Å²) in [5, 5.41) is 13.8. The van der Waals surface area contributed by atoms with Crippen LogP contribution in [-0.4, -0.2) is 16.9 Å². The molecule has 0 unspecified atom stereocenters. The molecule has 0 atom stereocenters. The number of aryl methyl sites for hydroxylation is 1. The standard InChI is InChI=1S/C15H20N2O3/c1-11-10-12(8-9-14(11)17(19)20)15(18)16-13-6-4-2-3-5-7-13/h8-10,13H,2-7H2,1H3,(H,16,18). The zero-order chi connectivity index (χ0) is 14.5. The second-order valence-electron chi connectivity index (χ2n) is 5.42. The molecule has 1 aromatic carbocycles. The van der Waals surface area contributed by atoms with Crippen molar-refractivity contribution in [2.24, 2.45) is 0 Å². The second-order valence-corrected chi connectivity index (χ2v) is 5.42. The molecular weight excluding hydrogens is 256 g/mol. The number of carbonyl (C=O) groups is 1. The summed E-state index contributed by atoms with van der Waals surface area (Å²) < 4.78 is 0. The molecule has 20 heavy (non-hydrogen) atoms. The van der Waals surface area contributed by atoms with Gasteiger partial charge in [-0.05, 0) is 31.9 Å². The van der Waals surface area contributed by atoms with Gasteiger partial charge < -0.3 is 5.32 Å². The van der Waals surface area contributed by atoms with Gasteiger partial charge in [-0.25, -0.2) is 0 Å². The predicted octanol–water partition coefficient (Wildman–Crippen LogP) is 3.36. The summed E-state index contributed by atoms with van der Waals surface area (Å²) in [4.78, 5) is 22.5. The van der Waals surface area contributed by atoms with E-state index < -0.39 is 4.92 Å². The van der Waals surface area contributed by atoms with Crippen LogP contribution in [0.25, 0.3) is 0 Å². The van der Waals surface area contributed by atoms with E-state index in [0.29, 0.717) is 11.1 Å². The number of rotatable bonds is 3. The fourth-order valence-electron chi connectivity index (χ4n) is 2.69. The van der Waals surface area contributed by atoms with Crippen molar-refractivity contribution in [2.75, 3.05) is 0 Å². The molecule has 1 aliphatic rings. The minimum atomic E-state index is -0.428. The van der Waals surface area contributed by atoms with Gasteiger partial charge in [-0.15, -0.1) is 0 Å². The first-order chi connectivity index (χ1) is 9.58. The van der Waals surface area contributed by atoms with Gasteiger partial charge in [0.1, 0.15) is 0 Å². The lowest BCUT2D eigenvalue weighted by molar-refractivity contribution is -0.385. The second kappa shape index (κ2) is 6.50. The number of nitro benzene ring substituents is 1. The summed E-state index contributed by atoms with van der Waals surface area (Å²) in [6, 6.07) is 4.75. The minimum absolute atomic E-state index is 0.0519. The molecule has 0 aromatic heterocycles. The van der Waals surface area contributed by atoms with Crippen LogP contribution in [0.1, 0.15) is 54.4 Å². The average Bonchev–Trinajstić information content (AvgIpc) is 2.66. The molecule has 0 radical (unpaired) electrons. The Hall–Kier alpha value is -1.91. The monoisotopic (exact) mass is 276 g/mol. The Morgan fingerprint density at radius 3 is 2.45 bits per heavy atom. The molecule has 5 nitrogen and oxygen atoms in total. The molecule has 108 valence electrons. The van der Waals surface area contributed by atoms with Gasteiger partial charge in [0, 0.05) is 23.2 Å². The highest BCUT2D eigenvalue weighted by atomic mass is 16.6. The molecule has 0 heterocycles. The van der Waals surface area contributed by atoms with Crippen molar-refractivity contribution in [2.45, 2.75) is 51.5 Å². The third-order valence-corrected chi connectivity index (χ3v) is 3.85. The first-order valence-electron chi connectivity index (χ1n) is 7.14. The molecule has 0 aliphatic heterocycles. The van der Waals surface area contributed by atoms with E-state index in [-0.39, 0.29) is 17.6 Å². The third-order valence-electron chi connectivity index (χ3n) is 3.85. The van der Waals surface area contributed by atoms with Crippen LogP contribution in [0.2, 0.25) is 0 Å². The van der Waals surface area contributed by atoms with E-state index in [4.69, 9.17) is 0 Å². The fraction of sp³-hybridized carbons (Fsp3) is 0.533. The largest absolute Gasteiger partial charge is 0.349 e. The molecular formula is C15H20N2O3. The normalized spacial score (nSPS) is 16.4. The Balaban J connectivity index is 2.05. The van der Waals surface area contributed by atoms with E-state index in [1.54, 1.807) is 13.0 Å². The van der Waals surface area contributed by atoms with E-state index in [1.165, 1.54) is 25.0 Å². The topological polar surface area (TPSA) is 72.2 Å². The molecule has 1 N–H and O–H groups in total. The van der Waals surface area contributed by atoms with Gasteiger partial charge in [0.25, 0.3) is 11.6 Å². The van der Waals surface area contributed by atoms with Crippen LogP contribution in [0, 0.1) is 17.0 Å². The Labute approximate surface area is 118 Å². The Kier molecular flexibility index (Phi) is 4.71. The maximum Gasteiger partial charge on any atom is 0.272 e. The highest BCUT2D eigenvalue weighted by Gasteiger charge is 2.17. The number of nitro groups is 1. The molecule has 2 rings (SSSR count). The summed E-state index contributed by atoms with van der Waals surface area (Å²) in [5.41, 5.74) is 1.07. The van der Waals surface area contributed by atoms with E-state index in [9.17, 15) is 14.9 Å². The third kappa shape index (κ3) is 3.56. The zero-order valence-corrected chi connectivity index (χ0v) is 11.7. The van der Waals surface area contributed by atoms with Gasteiger partial charge in [-0.2, -0.15) is 0 Å². The highest BCUT2D eigenvalue weighted by Crippen LogP contribution is 2.20. The van der Waals surface area contributed by atoms with Crippen LogP contribution in [0.5, 0.6) is 0 Å². The maximum absolute atomic E-state index is 12.2. The van der Waals surface area contributed by atoms with Crippen molar-refractivity contribution in [3.8, 4) is 0 Å². The van der Waals surface area contributed by atoms with Crippen molar-refractivity contribution in [3.63, 3.8) is 0 Å². The molecule has 5 heteroatoms. The van der Waals surface area contributed by atoms with Crippen molar-refractivity contribution in [1.29, 1.82) is 0 Å². The first-order valence-corrected chi connectivity index (χ1v) is 7.14. The SMILES string of the molecule is Cc1cc(C(=O)NC2CCCCCC2)ccc1[N+](=O)[O-]. The number of hydrogen-bond acceptors (Lipinski definition) is 3. The lowest BCUT2D eigenvalue weighted by Gasteiger charge is -2.16. The number of amides is 1. The van der Waals surface area contributed by atoms with Crippen LogP contribution in [-0.2, 0) is 0 Å². The molecule has 1 aliphatic carbocycles. The maximum atomic E-state index is 12.2. The smallest absolute Gasteiger partial charge is 0.272 e. The van der Waals surface area contributed by atoms with Crippen molar-refractivity contribution in [3.05, 3.63) is 39.4 Å². The van der Waals surface area contributed by atoms with Crippen LogP contribution in [0.15, 0.2) is 18.2 Å². The van der Waals surface area contributed by atoms with Gasteiger partial charge >= 0.3 is 0 Å². The molecule has 1 saturated carbocycles. The average molecular weight is 276 g/mol. The van der Waals surface area contributed by atoms with Gasteiger partial charge in [0.15, 0.2) is 0 Å². The minimum Gasteiger partial charge on any atom is -0.349 e. The summed E-state index contributed by atoms with van der Waals surface area (Å²) in [5.74, 6) is -0.130. The predicted molar refractivity (Wildman–Crippen MR) is 76.8 cm³/mol. The summed E-state index contributed by atoms with van der Waals surface area (Å²) in [7, 11) is 0. The van der Waals surface area contributed by atoms with Gasteiger partial charge in [0.05, 0.1) is 4.92 Å². The zero-order valence-electron chi connectivity index (χ0n) is 11.7. The molecule has 1 aromatic rings. The van der Waals surface area contributed by atoms with E-state index in [0.717, 1.165) is 25.7 Å². The molecule has 0 spiro atoms. The Bertz CT molecular complexity index is 506. The molecule has 0 saturated heterocycles. The van der Waals surface area contributed by atoms with Crippen LogP contribution in [0.4, 0.5) is 5.69 Å². The van der Waals surface area contributed by atoms with Crippen LogP contribution < -0.4 is 5.32 Å². The van der Waals surface area contributed by atoms with E-state index in [2.05, 4.69) is 5.32 Å². The van der Waals surface area contributed by atoms with Gasteiger partial charge in [0.2, 0.25) is 0 Å². The van der Waals surface area contributed by atoms with Gasteiger partial charge in [-0.3, -0.25) is 14.9 Å². The lowest BCUT2D eigenvalue weighted by atomic mass is 10.1. The molecule has 1 amide bonds. The number of carbonyl (C=O) groups excluding carboxylic acids is 1. The summed E-state index contributed by atoms with van der Waals surface area (Å²) in [6.07, 6.45) is 6.84. The number of benzene rings is 1. The number of nitrogens with zero attached hydrogens (tertiary/aromatic N) is 1. The fourth-order valence-corrected chi connectivity index (χ4v) is 2.69.